The van der Waals surface area contributed by atoms with E-state index < -0.39 is 0 Å². The van der Waals surface area contributed by atoms with Gasteiger partial charge in [0.1, 0.15) is 12.7 Å². The van der Waals surface area contributed by atoms with Crippen LogP contribution in [0.2, 0.25) is 0 Å². The van der Waals surface area contributed by atoms with Crippen molar-refractivity contribution in [1.29, 1.82) is 0 Å². The van der Waals surface area contributed by atoms with Gasteiger partial charge in [-0.2, -0.15) is 0 Å². The first-order chi connectivity index (χ1) is 7.42. The van der Waals surface area contributed by atoms with Crippen LogP contribution in [0.3, 0.4) is 0 Å². The topological polar surface area (TPSA) is 70.4 Å². The molecule has 0 saturated heterocycles. The molecule has 1 aromatic rings. The van der Waals surface area contributed by atoms with E-state index in [2.05, 4.69) is 15.0 Å². The van der Waals surface area contributed by atoms with Gasteiger partial charge in [-0.05, 0) is 25.7 Å². The number of fused-ring (bicyclic) bond motifs is 1. The molecule has 5 heteroatoms. The molecule has 0 saturated carbocycles. The molecule has 0 amide bonds. The van der Waals surface area contributed by atoms with Crippen LogP contribution in [0.25, 0.3) is 0 Å². The number of aromatic nitrogens is 2. The summed E-state index contributed by atoms with van der Waals surface area (Å²) < 4.78 is 0. The number of hydrogen-bond donors (Lipinski definition) is 2. The Morgan fingerprint density at radius 3 is 3.00 bits per heavy atom. The van der Waals surface area contributed by atoms with E-state index in [1.807, 2.05) is 5.48 Å². The Morgan fingerprint density at radius 1 is 1.27 bits per heavy atom. The summed E-state index contributed by atoms with van der Waals surface area (Å²) in [7, 11) is 0. The number of aliphatic imine (C=N–C) groups is 1. The number of rotatable bonds is 2. The fraction of sp³-hybridized carbons (Fsp3) is 0.500. The lowest BCUT2D eigenvalue weighted by Crippen LogP contribution is -2.03. The summed E-state index contributed by atoms with van der Waals surface area (Å²) >= 11 is 0. The van der Waals surface area contributed by atoms with E-state index in [1.165, 1.54) is 25.5 Å². The van der Waals surface area contributed by atoms with E-state index in [1.54, 1.807) is 0 Å². The van der Waals surface area contributed by atoms with Crippen LogP contribution >= 0.6 is 0 Å². The fourth-order valence-corrected chi connectivity index (χ4v) is 1.88. The zero-order chi connectivity index (χ0) is 10.5. The number of nitrogens with one attached hydrogen (secondary N) is 1. The van der Waals surface area contributed by atoms with Crippen LogP contribution < -0.4 is 5.48 Å². The molecule has 0 unspecified atom stereocenters. The Morgan fingerprint density at radius 2 is 2.13 bits per heavy atom. The summed E-state index contributed by atoms with van der Waals surface area (Å²) in [5, 5.41) is 8.44. The van der Waals surface area contributed by atoms with Crippen LogP contribution in [0, 0.1) is 0 Å². The Kier molecular flexibility index (Phi) is 3.24. The number of hydroxylamine groups is 1. The minimum Gasteiger partial charge on any atom is -0.290 e. The molecular formula is C10H14N4O. The van der Waals surface area contributed by atoms with Crippen molar-refractivity contribution in [3.05, 3.63) is 17.6 Å². The highest BCUT2D eigenvalue weighted by molar-refractivity contribution is 5.59. The normalized spacial score (nSPS) is 16.1. The molecule has 15 heavy (non-hydrogen) atoms. The van der Waals surface area contributed by atoms with Crippen molar-refractivity contribution in [2.45, 2.75) is 32.1 Å². The first-order valence-electron chi connectivity index (χ1n) is 5.16. The number of aryl methyl sites for hydroxylation is 1. The van der Waals surface area contributed by atoms with Crippen LogP contribution in [-0.2, 0) is 12.8 Å². The van der Waals surface area contributed by atoms with Gasteiger partial charge in [0.2, 0.25) is 0 Å². The van der Waals surface area contributed by atoms with Crippen LogP contribution in [0.4, 0.5) is 5.82 Å². The van der Waals surface area contributed by atoms with Crippen LogP contribution in [0.15, 0.2) is 11.3 Å². The lowest BCUT2D eigenvalue weighted by Gasteiger charge is -2.05. The van der Waals surface area contributed by atoms with Gasteiger partial charge in [0.15, 0.2) is 5.82 Å². The predicted molar refractivity (Wildman–Crippen MR) is 56.4 cm³/mol. The minimum atomic E-state index is 0.670. The van der Waals surface area contributed by atoms with Gasteiger partial charge in [0, 0.05) is 11.3 Å². The third-order valence-electron chi connectivity index (χ3n) is 2.60. The zero-order valence-corrected chi connectivity index (χ0v) is 8.48. The SMILES string of the molecule is ONC=Nc1ncnc2c1CCCCC2. The van der Waals surface area contributed by atoms with Crippen LogP contribution in [-0.4, -0.2) is 21.5 Å². The van der Waals surface area contributed by atoms with Crippen LogP contribution in [0.1, 0.15) is 30.5 Å². The minimum absolute atomic E-state index is 0.670. The lowest BCUT2D eigenvalue weighted by atomic mass is 10.1. The van der Waals surface area contributed by atoms with Gasteiger partial charge in [-0.15, -0.1) is 0 Å². The summed E-state index contributed by atoms with van der Waals surface area (Å²) in [4.78, 5) is 12.4. The molecule has 0 spiro atoms. The van der Waals surface area contributed by atoms with Crippen molar-refractivity contribution in [3.8, 4) is 0 Å². The first-order valence-corrected chi connectivity index (χ1v) is 5.16. The molecule has 0 fully saturated rings. The number of hydrogen-bond acceptors (Lipinski definition) is 4. The quantitative estimate of drug-likeness (QED) is 0.332. The second kappa shape index (κ2) is 4.84. The standard InChI is InChI=1S/C10H14N4O/c15-14-7-13-10-8-4-2-1-3-5-9(8)11-6-12-10/h6-7,15H,1-5H2,(H,11,12,13,14). The fourth-order valence-electron chi connectivity index (χ4n) is 1.88. The Bertz CT molecular complexity index is 364. The third kappa shape index (κ3) is 2.30. The molecule has 0 atom stereocenters. The molecule has 1 aliphatic carbocycles. The van der Waals surface area contributed by atoms with Gasteiger partial charge in [-0.3, -0.25) is 10.7 Å². The third-order valence-corrected chi connectivity index (χ3v) is 2.60. The van der Waals surface area contributed by atoms with Crippen molar-refractivity contribution in [3.63, 3.8) is 0 Å². The summed E-state index contributed by atoms with van der Waals surface area (Å²) in [5.74, 6) is 0.670. The van der Waals surface area contributed by atoms with Crippen molar-refractivity contribution in [1.82, 2.24) is 15.4 Å². The molecule has 1 aliphatic rings. The molecule has 0 bridgehead atoms. The highest BCUT2D eigenvalue weighted by Gasteiger charge is 2.13. The summed E-state index contributed by atoms with van der Waals surface area (Å²) in [6.45, 7) is 0. The van der Waals surface area contributed by atoms with Gasteiger partial charge < -0.3 is 0 Å². The highest BCUT2D eigenvalue weighted by atomic mass is 16.5. The molecular weight excluding hydrogens is 192 g/mol. The molecule has 0 radical (unpaired) electrons. The van der Waals surface area contributed by atoms with E-state index in [9.17, 15) is 0 Å². The second-order valence-electron chi connectivity index (χ2n) is 3.57. The molecule has 1 aromatic heterocycles. The van der Waals surface area contributed by atoms with Gasteiger partial charge >= 0.3 is 0 Å². The van der Waals surface area contributed by atoms with Gasteiger partial charge in [-0.25, -0.2) is 15.0 Å². The van der Waals surface area contributed by atoms with Crippen LogP contribution in [0.5, 0.6) is 0 Å². The maximum Gasteiger partial charge on any atom is 0.160 e. The summed E-state index contributed by atoms with van der Waals surface area (Å²) in [6, 6.07) is 0. The van der Waals surface area contributed by atoms with E-state index in [0.717, 1.165) is 30.5 Å². The smallest absolute Gasteiger partial charge is 0.160 e. The Balaban J connectivity index is 2.34. The molecule has 2 rings (SSSR count). The molecule has 5 nitrogen and oxygen atoms in total. The van der Waals surface area contributed by atoms with Gasteiger partial charge in [0.05, 0.1) is 0 Å². The summed E-state index contributed by atoms with van der Waals surface area (Å²) in [6.07, 6.45) is 8.33. The number of nitrogens with zero attached hydrogens (tertiary/aromatic N) is 3. The van der Waals surface area contributed by atoms with Gasteiger partial charge in [-0.1, -0.05) is 6.42 Å². The summed E-state index contributed by atoms with van der Waals surface area (Å²) in [5.41, 5.74) is 4.12. The molecule has 0 aromatic carbocycles. The maximum atomic E-state index is 8.44. The maximum absolute atomic E-state index is 8.44. The lowest BCUT2D eigenvalue weighted by molar-refractivity contribution is 0.240. The first kappa shape index (κ1) is 10.0. The average Bonchev–Trinajstić information content (AvgIpc) is 2.51. The van der Waals surface area contributed by atoms with Crippen molar-refractivity contribution in [2.24, 2.45) is 4.99 Å². The van der Waals surface area contributed by atoms with Crippen molar-refractivity contribution in [2.75, 3.05) is 0 Å². The van der Waals surface area contributed by atoms with Crippen molar-refractivity contribution < 1.29 is 5.21 Å². The monoisotopic (exact) mass is 206 g/mol. The average molecular weight is 206 g/mol. The largest absolute Gasteiger partial charge is 0.290 e. The molecule has 2 N–H and O–H groups in total. The van der Waals surface area contributed by atoms with E-state index >= 15 is 0 Å². The van der Waals surface area contributed by atoms with E-state index in [-0.39, 0.29) is 0 Å². The van der Waals surface area contributed by atoms with Crippen molar-refractivity contribution >= 4 is 12.2 Å². The second-order valence-corrected chi connectivity index (χ2v) is 3.57. The van der Waals surface area contributed by atoms with E-state index in [0.29, 0.717) is 5.82 Å². The van der Waals surface area contributed by atoms with E-state index in [4.69, 9.17) is 5.21 Å². The highest BCUT2D eigenvalue weighted by Crippen LogP contribution is 2.25. The predicted octanol–water partition coefficient (Wildman–Crippen LogP) is 1.38. The molecule has 80 valence electrons. The molecule has 0 aliphatic heterocycles. The Hall–Kier alpha value is -1.49. The van der Waals surface area contributed by atoms with Gasteiger partial charge in [0.25, 0.3) is 0 Å². The molecule has 1 heterocycles. The zero-order valence-electron chi connectivity index (χ0n) is 8.48. The Labute approximate surface area is 88.2 Å².